The molecule has 1 saturated heterocycles. The molecule has 0 saturated carbocycles. The molecule has 152 valence electrons. The number of carbonyl (C=O) groups excluding carboxylic acids is 1. The number of carbonyl (C=O) groups is 1. The average molecular weight is 386 g/mol. The first-order valence-corrected chi connectivity index (χ1v) is 9.71. The highest BCUT2D eigenvalue weighted by Crippen LogP contribution is 2.31. The number of rotatable bonds is 6. The molecule has 1 amide bonds. The molecule has 0 spiro atoms. The molecule has 1 N–H and O–H groups in total. The standard InChI is InChI=1S/C21H30N4O3/c1-14(18-13-25(4)23-15(18)2)22-21(26)16-6-7-19(20(12-16)27-5)28-17-8-10-24(3)11-9-17/h6-7,12-14,17H,8-11H2,1-5H3,(H,22,26)/t14-/m1/s1. The highest BCUT2D eigenvalue weighted by molar-refractivity contribution is 5.95. The third-order valence-electron chi connectivity index (χ3n) is 5.25. The van der Waals surface area contributed by atoms with E-state index in [1.54, 1.807) is 23.9 Å². The van der Waals surface area contributed by atoms with E-state index in [0.29, 0.717) is 17.1 Å². The molecular weight excluding hydrogens is 356 g/mol. The monoisotopic (exact) mass is 386 g/mol. The summed E-state index contributed by atoms with van der Waals surface area (Å²) in [7, 11) is 5.59. The third-order valence-corrected chi connectivity index (χ3v) is 5.25. The largest absolute Gasteiger partial charge is 0.493 e. The average Bonchev–Trinajstić information content (AvgIpc) is 3.02. The van der Waals surface area contributed by atoms with Gasteiger partial charge >= 0.3 is 0 Å². The number of likely N-dealkylation sites (tertiary alicyclic amines) is 1. The maximum Gasteiger partial charge on any atom is 0.251 e. The van der Waals surface area contributed by atoms with Crippen LogP contribution in [0.4, 0.5) is 0 Å². The summed E-state index contributed by atoms with van der Waals surface area (Å²) in [6, 6.07) is 5.21. The van der Waals surface area contributed by atoms with E-state index in [2.05, 4.69) is 22.4 Å². The fraction of sp³-hybridized carbons (Fsp3) is 0.524. The highest BCUT2D eigenvalue weighted by Gasteiger charge is 2.21. The van der Waals surface area contributed by atoms with Crippen molar-refractivity contribution in [2.75, 3.05) is 27.2 Å². The summed E-state index contributed by atoms with van der Waals surface area (Å²) >= 11 is 0. The van der Waals surface area contributed by atoms with Gasteiger partial charge in [-0.25, -0.2) is 0 Å². The van der Waals surface area contributed by atoms with Gasteiger partial charge in [-0.3, -0.25) is 9.48 Å². The van der Waals surface area contributed by atoms with Crippen molar-refractivity contribution in [3.63, 3.8) is 0 Å². The van der Waals surface area contributed by atoms with E-state index in [-0.39, 0.29) is 18.1 Å². The van der Waals surface area contributed by atoms with Gasteiger partial charge in [0.05, 0.1) is 18.8 Å². The molecule has 1 aromatic heterocycles. The number of aryl methyl sites for hydroxylation is 2. The van der Waals surface area contributed by atoms with Crippen molar-refractivity contribution in [1.82, 2.24) is 20.0 Å². The summed E-state index contributed by atoms with van der Waals surface area (Å²) < 4.78 is 13.4. The van der Waals surface area contributed by atoms with Crippen molar-refractivity contribution in [3.8, 4) is 11.5 Å². The lowest BCUT2D eigenvalue weighted by Gasteiger charge is -2.29. The summed E-state index contributed by atoms with van der Waals surface area (Å²) in [5.41, 5.74) is 2.46. The van der Waals surface area contributed by atoms with E-state index in [1.807, 2.05) is 33.2 Å². The Kier molecular flexibility index (Phi) is 6.24. The van der Waals surface area contributed by atoms with E-state index < -0.39 is 0 Å². The van der Waals surface area contributed by atoms with Gasteiger partial charge in [0.1, 0.15) is 6.10 Å². The van der Waals surface area contributed by atoms with Crippen LogP contribution in [0.15, 0.2) is 24.4 Å². The van der Waals surface area contributed by atoms with Gasteiger partial charge in [0.2, 0.25) is 0 Å². The molecule has 0 radical (unpaired) electrons. The minimum atomic E-state index is -0.153. The molecule has 1 aromatic carbocycles. The van der Waals surface area contributed by atoms with E-state index in [0.717, 1.165) is 37.2 Å². The number of aromatic nitrogens is 2. The van der Waals surface area contributed by atoms with Gasteiger partial charge in [0.25, 0.3) is 5.91 Å². The van der Waals surface area contributed by atoms with Gasteiger partial charge in [-0.2, -0.15) is 5.10 Å². The Morgan fingerprint density at radius 3 is 2.57 bits per heavy atom. The smallest absolute Gasteiger partial charge is 0.251 e. The number of piperidine rings is 1. The number of nitrogens with zero attached hydrogens (tertiary/aromatic N) is 3. The van der Waals surface area contributed by atoms with Crippen LogP contribution in [0.5, 0.6) is 11.5 Å². The van der Waals surface area contributed by atoms with Gasteiger partial charge < -0.3 is 19.7 Å². The summed E-state index contributed by atoms with van der Waals surface area (Å²) in [6.07, 6.45) is 4.09. The van der Waals surface area contributed by atoms with Crippen LogP contribution in [-0.4, -0.2) is 53.9 Å². The molecule has 0 bridgehead atoms. The number of benzene rings is 1. The summed E-state index contributed by atoms with van der Waals surface area (Å²) in [6.45, 7) is 5.95. The molecule has 28 heavy (non-hydrogen) atoms. The van der Waals surface area contributed by atoms with Crippen LogP contribution in [0.1, 0.15) is 47.4 Å². The molecule has 2 heterocycles. The zero-order valence-corrected chi connectivity index (χ0v) is 17.4. The van der Waals surface area contributed by atoms with Gasteiger partial charge in [-0.05, 0) is 51.9 Å². The topological polar surface area (TPSA) is 68.6 Å². The first-order chi connectivity index (χ1) is 13.4. The molecule has 7 nitrogen and oxygen atoms in total. The Morgan fingerprint density at radius 1 is 1.25 bits per heavy atom. The Balaban J connectivity index is 1.68. The van der Waals surface area contributed by atoms with Crippen molar-refractivity contribution in [3.05, 3.63) is 41.2 Å². The van der Waals surface area contributed by atoms with E-state index >= 15 is 0 Å². The number of hydrogen-bond donors (Lipinski definition) is 1. The van der Waals surface area contributed by atoms with Crippen molar-refractivity contribution in [1.29, 1.82) is 0 Å². The minimum Gasteiger partial charge on any atom is -0.493 e. The maximum absolute atomic E-state index is 12.7. The normalized spacial score (nSPS) is 16.6. The molecule has 1 atom stereocenters. The fourth-order valence-corrected chi connectivity index (χ4v) is 3.59. The lowest BCUT2D eigenvalue weighted by molar-refractivity contribution is 0.0938. The molecule has 1 aliphatic heterocycles. The van der Waals surface area contributed by atoms with Crippen LogP contribution >= 0.6 is 0 Å². The minimum absolute atomic E-state index is 0.137. The predicted octanol–water partition coefficient (Wildman–Crippen LogP) is 2.70. The molecule has 2 aromatic rings. The number of methoxy groups -OCH3 is 1. The van der Waals surface area contributed by atoms with Crippen LogP contribution in [0.3, 0.4) is 0 Å². The van der Waals surface area contributed by atoms with Gasteiger partial charge in [-0.1, -0.05) is 0 Å². The Hall–Kier alpha value is -2.54. The lowest BCUT2D eigenvalue weighted by atomic mass is 10.1. The fourth-order valence-electron chi connectivity index (χ4n) is 3.59. The van der Waals surface area contributed by atoms with Crippen LogP contribution in [0, 0.1) is 6.92 Å². The third kappa shape index (κ3) is 4.65. The Bertz CT molecular complexity index is 825. The van der Waals surface area contributed by atoms with Crippen molar-refractivity contribution >= 4 is 5.91 Å². The van der Waals surface area contributed by atoms with Crippen molar-refractivity contribution in [2.24, 2.45) is 7.05 Å². The summed E-state index contributed by atoms with van der Waals surface area (Å²) in [5, 5.41) is 7.37. The Labute approximate surface area is 166 Å². The Morgan fingerprint density at radius 2 is 1.96 bits per heavy atom. The summed E-state index contributed by atoms with van der Waals surface area (Å²) in [4.78, 5) is 15.0. The zero-order chi connectivity index (χ0) is 20.3. The van der Waals surface area contributed by atoms with Crippen LogP contribution in [-0.2, 0) is 7.05 Å². The highest BCUT2D eigenvalue weighted by atomic mass is 16.5. The van der Waals surface area contributed by atoms with Gasteiger partial charge in [-0.15, -0.1) is 0 Å². The SMILES string of the molecule is COc1cc(C(=O)N[C@H](C)c2cn(C)nc2C)ccc1OC1CCN(C)CC1. The molecule has 3 rings (SSSR count). The van der Waals surface area contributed by atoms with Crippen LogP contribution in [0.25, 0.3) is 0 Å². The van der Waals surface area contributed by atoms with E-state index in [1.165, 1.54) is 0 Å². The second kappa shape index (κ2) is 8.65. The van der Waals surface area contributed by atoms with Crippen molar-refractivity contribution < 1.29 is 14.3 Å². The number of ether oxygens (including phenoxy) is 2. The summed E-state index contributed by atoms with van der Waals surface area (Å²) in [5.74, 6) is 1.11. The zero-order valence-electron chi connectivity index (χ0n) is 17.4. The first-order valence-electron chi connectivity index (χ1n) is 9.71. The number of hydrogen-bond acceptors (Lipinski definition) is 5. The first kappa shape index (κ1) is 20.2. The molecule has 7 heteroatoms. The van der Waals surface area contributed by atoms with Crippen LogP contribution < -0.4 is 14.8 Å². The molecule has 0 aliphatic carbocycles. The lowest BCUT2D eigenvalue weighted by Crippen LogP contribution is -2.35. The predicted molar refractivity (Wildman–Crippen MR) is 108 cm³/mol. The molecule has 1 fully saturated rings. The maximum atomic E-state index is 12.7. The number of nitrogens with one attached hydrogen (secondary N) is 1. The molecular formula is C21H30N4O3. The quantitative estimate of drug-likeness (QED) is 0.827. The van der Waals surface area contributed by atoms with E-state index in [9.17, 15) is 4.79 Å². The second-order valence-corrected chi connectivity index (χ2v) is 7.52. The van der Waals surface area contributed by atoms with Crippen molar-refractivity contribution in [2.45, 2.75) is 38.8 Å². The van der Waals surface area contributed by atoms with E-state index in [4.69, 9.17) is 9.47 Å². The van der Waals surface area contributed by atoms with Gasteiger partial charge in [0, 0.05) is 37.5 Å². The molecule has 1 aliphatic rings. The second-order valence-electron chi connectivity index (χ2n) is 7.52. The van der Waals surface area contributed by atoms with Gasteiger partial charge in [0.15, 0.2) is 11.5 Å². The number of amides is 1. The van der Waals surface area contributed by atoms with Crippen LogP contribution in [0.2, 0.25) is 0 Å². The molecule has 0 unspecified atom stereocenters.